The Balaban J connectivity index is 1.64. The first-order chi connectivity index (χ1) is 11.9. The average Bonchev–Trinajstić information content (AvgIpc) is 3.16. The molecule has 2 aliphatic rings. The molecule has 1 aromatic carbocycles. The summed E-state index contributed by atoms with van der Waals surface area (Å²) in [5, 5.41) is 3.21. The third-order valence-electron chi connectivity index (χ3n) is 5.14. The lowest BCUT2D eigenvalue weighted by Gasteiger charge is -2.35. The minimum Gasteiger partial charge on any atom is -0.340 e. The molecule has 25 heavy (non-hydrogen) atoms. The number of nitrogens with zero attached hydrogens (tertiary/aromatic N) is 2. The fourth-order valence-corrected chi connectivity index (χ4v) is 4.87. The molecule has 3 rings (SSSR count). The number of rotatable bonds is 4. The highest BCUT2D eigenvalue weighted by Gasteiger charge is 2.33. The molecule has 0 spiro atoms. The standard InChI is InChI=1S/C18H27N3O3S/c1-14(2)15-3-5-17(6-4-15)25(23,24)21-11-9-20(10-12-21)18(22)16-7-8-19-13-16/h3-6,14,16,19H,7-13H2,1-2H3. The monoisotopic (exact) mass is 365 g/mol. The van der Waals surface area contributed by atoms with Crippen LogP contribution in [-0.2, 0) is 14.8 Å². The first-order valence-corrected chi connectivity index (χ1v) is 10.4. The highest BCUT2D eigenvalue weighted by Crippen LogP contribution is 2.22. The van der Waals surface area contributed by atoms with Crippen molar-refractivity contribution in [2.75, 3.05) is 39.3 Å². The highest BCUT2D eigenvalue weighted by atomic mass is 32.2. The van der Waals surface area contributed by atoms with Gasteiger partial charge in [0.2, 0.25) is 15.9 Å². The summed E-state index contributed by atoms with van der Waals surface area (Å²) < 4.78 is 27.1. The molecule has 0 aromatic heterocycles. The Bertz CT molecular complexity index is 702. The van der Waals surface area contributed by atoms with E-state index in [-0.39, 0.29) is 11.8 Å². The van der Waals surface area contributed by atoms with Gasteiger partial charge in [-0.25, -0.2) is 8.42 Å². The summed E-state index contributed by atoms with van der Waals surface area (Å²) in [6, 6.07) is 7.13. The van der Waals surface area contributed by atoms with Crippen molar-refractivity contribution in [1.29, 1.82) is 0 Å². The van der Waals surface area contributed by atoms with E-state index in [9.17, 15) is 13.2 Å². The summed E-state index contributed by atoms with van der Waals surface area (Å²) in [7, 11) is -3.49. The largest absolute Gasteiger partial charge is 0.340 e. The molecule has 0 saturated carbocycles. The second-order valence-electron chi connectivity index (χ2n) is 7.14. The van der Waals surface area contributed by atoms with E-state index in [0.717, 1.165) is 25.1 Å². The average molecular weight is 365 g/mol. The van der Waals surface area contributed by atoms with E-state index in [1.807, 2.05) is 17.0 Å². The van der Waals surface area contributed by atoms with Crippen molar-refractivity contribution in [1.82, 2.24) is 14.5 Å². The van der Waals surface area contributed by atoms with Crippen molar-refractivity contribution in [3.63, 3.8) is 0 Å². The van der Waals surface area contributed by atoms with Crippen LogP contribution in [0.15, 0.2) is 29.2 Å². The van der Waals surface area contributed by atoms with Gasteiger partial charge in [-0.2, -0.15) is 4.31 Å². The molecule has 7 heteroatoms. The first kappa shape index (κ1) is 18.4. The molecule has 1 amide bonds. The Labute approximate surface area is 150 Å². The fraction of sp³-hybridized carbons (Fsp3) is 0.611. The Morgan fingerprint density at radius 2 is 1.76 bits per heavy atom. The van der Waals surface area contributed by atoms with Gasteiger partial charge in [0.25, 0.3) is 0 Å². The summed E-state index contributed by atoms with van der Waals surface area (Å²) in [5.41, 5.74) is 1.12. The molecule has 0 aliphatic carbocycles. The molecule has 0 bridgehead atoms. The third kappa shape index (κ3) is 3.88. The van der Waals surface area contributed by atoms with Crippen molar-refractivity contribution in [3.05, 3.63) is 29.8 Å². The number of hydrogen-bond acceptors (Lipinski definition) is 4. The van der Waals surface area contributed by atoms with Gasteiger partial charge in [0, 0.05) is 32.7 Å². The summed E-state index contributed by atoms with van der Waals surface area (Å²) in [6.07, 6.45) is 0.875. The summed E-state index contributed by atoms with van der Waals surface area (Å²) in [5.74, 6) is 0.575. The van der Waals surface area contributed by atoms with Gasteiger partial charge < -0.3 is 10.2 Å². The van der Waals surface area contributed by atoms with Crippen LogP contribution in [-0.4, -0.2) is 62.8 Å². The SMILES string of the molecule is CC(C)c1ccc(S(=O)(=O)N2CCN(C(=O)C3CCNC3)CC2)cc1. The maximum absolute atomic E-state index is 12.8. The van der Waals surface area contributed by atoms with Crippen LogP contribution in [0.3, 0.4) is 0 Å². The topological polar surface area (TPSA) is 69.7 Å². The predicted octanol–water partition coefficient (Wildman–Crippen LogP) is 1.25. The molecule has 2 aliphatic heterocycles. The zero-order valence-corrected chi connectivity index (χ0v) is 15.8. The molecule has 2 fully saturated rings. The first-order valence-electron chi connectivity index (χ1n) is 8.99. The number of benzene rings is 1. The molecular weight excluding hydrogens is 338 g/mol. The second kappa shape index (κ2) is 7.43. The van der Waals surface area contributed by atoms with E-state index < -0.39 is 10.0 Å². The zero-order valence-electron chi connectivity index (χ0n) is 14.9. The van der Waals surface area contributed by atoms with Crippen LogP contribution in [0, 0.1) is 5.92 Å². The van der Waals surface area contributed by atoms with Crippen LogP contribution in [0.4, 0.5) is 0 Å². The van der Waals surface area contributed by atoms with E-state index in [4.69, 9.17) is 0 Å². The van der Waals surface area contributed by atoms with Crippen molar-refractivity contribution in [2.45, 2.75) is 31.1 Å². The molecule has 6 nitrogen and oxygen atoms in total. The van der Waals surface area contributed by atoms with Gasteiger partial charge in [-0.05, 0) is 36.6 Å². The smallest absolute Gasteiger partial charge is 0.243 e. The quantitative estimate of drug-likeness (QED) is 0.872. The van der Waals surface area contributed by atoms with Crippen LogP contribution in [0.1, 0.15) is 31.7 Å². The van der Waals surface area contributed by atoms with E-state index in [1.54, 1.807) is 12.1 Å². The van der Waals surface area contributed by atoms with Gasteiger partial charge in [0.05, 0.1) is 10.8 Å². The second-order valence-corrected chi connectivity index (χ2v) is 9.08. The molecule has 1 N–H and O–H groups in total. The van der Waals surface area contributed by atoms with Crippen molar-refractivity contribution < 1.29 is 13.2 Å². The van der Waals surface area contributed by atoms with Crippen LogP contribution in [0.25, 0.3) is 0 Å². The molecule has 1 unspecified atom stereocenters. The van der Waals surface area contributed by atoms with Crippen LogP contribution >= 0.6 is 0 Å². The number of carbonyl (C=O) groups excluding carboxylic acids is 1. The zero-order chi connectivity index (χ0) is 18.0. The van der Waals surface area contributed by atoms with E-state index >= 15 is 0 Å². The van der Waals surface area contributed by atoms with Crippen LogP contribution < -0.4 is 5.32 Å². The molecule has 0 radical (unpaired) electrons. The van der Waals surface area contributed by atoms with E-state index in [2.05, 4.69) is 19.2 Å². The third-order valence-corrected chi connectivity index (χ3v) is 7.06. The van der Waals surface area contributed by atoms with E-state index in [1.165, 1.54) is 4.31 Å². The molecule has 1 atom stereocenters. The number of hydrogen-bond donors (Lipinski definition) is 1. The van der Waals surface area contributed by atoms with Gasteiger partial charge in [-0.3, -0.25) is 4.79 Å². The number of carbonyl (C=O) groups is 1. The maximum Gasteiger partial charge on any atom is 0.243 e. The molecule has 138 valence electrons. The molecule has 1 aromatic rings. The van der Waals surface area contributed by atoms with Gasteiger partial charge in [-0.15, -0.1) is 0 Å². The fourth-order valence-electron chi connectivity index (χ4n) is 3.45. The van der Waals surface area contributed by atoms with E-state index in [0.29, 0.717) is 37.0 Å². The van der Waals surface area contributed by atoms with Gasteiger partial charge in [-0.1, -0.05) is 26.0 Å². The van der Waals surface area contributed by atoms with Gasteiger partial charge >= 0.3 is 0 Å². The lowest BCUT2D eigenvalue weighted by molar-refractivity contribution is -0.136. The normalized spacial score (nSPS) is 22.5. The molecule has 2 saturated heterocycles. The number of nitrogens with one attached hydrogen (secondary N) is 1. The minimum absolute atomic E-state index is 0.0479. The maximum atomic E-state index is 12.8. The summed E-state index contributed by atoms with van der Waals surface area (Å²) in [4.78, 5) is 14.6. The Morgan fingerprint density at radius 3 is 2.28 bits per heavy atom. The summed E-state index contributed by atoms with van der Waals surface area (Å²) >= 11 is 0. The Kier molecular flexibility index (Phi) is 5.46. The lowest BCUT2D eigenvalue weighted by Crippen LogP contribution is -2.52. The van der Waals surface area contributed by atoms with Gasteiger partial charge in [0.1, 0.15) is 0 Å². The number of sulfonamides is 1. The van der Waals surface area contributed by atoms with Crippen LogP contribution in [0.2, 0.25) is 0 Å². The van der Waals surface area contributed by atoms with Crippen LogP contribution in [0.5, 0.6) is 0 Å². The number of piperazine rings is 1. The van der Waals surface area contributed by atoms with Crippen molar-refractivity contribution in [2.24, 2.45) is 5.92 Å². The summed E-state index contributed by atoms with van der Waals surface area (Å²) in [6.45, 7) is 7.45. The van der Waals surface area contributed by atoms with Crippen molar-refractivity contribution >= 4 is 15.9 Å². The molecular formula is C18H27N3O3S. The highest BCUT2D eigenvalue weighted by molar-refractivity contribution is 7.89. The number of amides is 1. The van der Waals surface area contributed by atoms with Gasteiger partial charge in [0.15, 0.2) is 0 Å². The Morgan fingerprint density at radius 1 is 1.12 bits per heavy atom. The lowest BCUT2D eigenvalue weighted by atomic mass is 10.0. The van der Waals surface area contributed by atoms with Crippen molar-refractivity contribution in [3.8, 4) is 0 Å². The Hall–Kier alpha value is -1.44. The molecule has 2 heterocycles. The minimum atomic E-state index is -3.49. The predicted molar refractivity (Wildman–Crippen MR) is 96.8 cm³/mol.